The average molecular weight is 295 g/mol. The number of carbonyl (C=O) groups is 2. The summed E-state index contributed by atoms with van der Waals surface area (Å²) in [6, 6.07) is 8.38. The molecule has 0 saturated heterocycles. The molecule has 7 heteroatoms. The van der Waals surface area contributed by atoms with Crippen molar-refractivity contribution >= 4 is 23.5 Å². The Bertz CT molecular complexity index is 622. The number of halogens is 1. The van der Waals surface area contributed by atoms with Crippen LogP contribution in [0.15, 0.2) is 34.9 Å². The molecule has 2 rings (SSSR count). The highest BCUT2D eigenvalue weighted by Crippen LogP contribution is 2.22. The SMILES string of the molecule is O=C(O)CCNC(=O)c1cc(-c2ccc(Cl)cc2)on1. The van der Waals surface area contributed by atoms with Gasteiger partial charge in [0.25, 0.3) is 5.91 Å². The lowest BCUT2D eigenvalue weighted by molar-refractivity contribution is -0.136. The maximum absolute atomic E-state index is 11.7. The van der Waals surface area contributed by atoms with Gasteiger partial charge in [-0.1, -0.05) is 16.8 Å². The molecule has 0 aliphatic carbocycles. The van der Waals surface area contributed by atoms with Crippen molar-refractivity contribution in [2.75, 3.05) is 6.54 Å². The maximum Gasteiger partial charge on any atom is 0.305 e. The van der Waals surface area contributed by atoms with Crippen molar-refractivity contribution in [3.05, 3.63) is 41.0 Å². The number of carboxylic acids is 1. The molecule has 0 spiro atoms. The highest BCUT2D eigenvalue weighted by Gasteiger charge is 2.13. The van der Waals surface area contributed by atoms with Crippen LogP contribution in [-0.2, 0) is 4.79 Å². The van der Waals surface area contributed by atoms with Gasteiger partial charge in [0.2, 0.25) is 0 Å². The third-order valence-corrected chi connectivity index (χ3v) is 2.75. The van der Waals surface area contributed by atoms with Crippen LogP contribution in [0.5, 0.6) is 0 Å². The number of rotatable bonds is 5. The lowest BCUT2D eigenvalue weighted by atomic mass is 10.1. The molecule has 2 N–H and O–H groups in total. The third kappa shape index (κ3) is 3.58. The van der Waals surface area contributed by atoms with Crippen LogP contribution < -0.4 is 5.32 Å². The van der Waals surface area contributed by atoms with E-state index in [1.165, 1.54) is 6.07 Å². The summed E-state index contributed by atoms with van der Waals surface area (Å²) >= 11 is 5.78. The lowest BCUT2D eigenvalue weighted by Crippen LogP contribution is -2.26. The zero-order valence-corrected chi connectivity index (χ0v) is 11.1. The number of amides is 1. The first-order valence-electron chi connectivity index (χ1n) is 5.79. The number of nitrogens with zero attached hydrogens (tertiary/aromatic N) is 1. The number of carbonyl (C=O) groups excluding carboxylic acids is 1. The van der Waals surface area contributed by atoms with Gasteiger partial charge in [-0.3, -0.25) is 9.59 Å². The molecule has 0 aliphatic heterocycles. The molecule has 1 aromatic carbocycles. The van der Waals surface area contributed by atoms with Crippen LogP contribution in [0.3, 0.4) is 0 Å². The topological polar surface area (TPSA) is 92.4 Å². The maximum atomic E-state index is 11.7. The molecular formula is C13H11ClN2O4. The fourth-order valence-electron chi connectivity index (χ4n) is 1.51. The van der Waals surface area contributed by atoms with Gasteiger partial charge in [-0.05, 0) is 24.3 Å². The minimum Gasteiger partial charge on any atom is -0.481 e. The molecule has 1 aromatic heterocycles. The molecule has 0 saturated carbocycles. The van der Waals surface area contributed by atoms with Crippen molar-refractivity contribution in [3.63, 3.8) is 0 Å². The number of aromatic nitrogens is 1. The number of carboxylic acid groups (broad SMARTS) is 1. The Morgan fingerprint density at radius 3 is 2.65 bits per heavy atom. The van der Waals surface area contributed by atoms with E-state index in [0.717, 1.165) is 5.56 Å². The Morgan fingerprint density at radius 2 is 2.00 bits per heavy atom. The highest BCUT2D eigenvalue weighted by molar-refractivity contribution is 6.30. The summed E-state index contributed by atoms with van der Waals surface area (Å²) in [7, 11) is 0. The highest BCUT2D eigenvalue weighted by atomic mass is 35.5. The van der Waals surface area contributed by atoms with Crippen LogP contribution in [0.2, 0.25) is 5.02 Å². The Morgan fingerprint density at radius 1 is 1.30 bits per heavy atom. The number of aliphatic carboxylic acids is 1. The zero-order chi connectivity index (χ0) is 14.5. The van der Waals surface area contributed by atoms with Gasteiger partial charge in [0.15, 0.2) is 11.5 Å². The minimum atomic E-state index is -0.979. The van der Waals surface area contributed by atoms with Gasteiger partial charge < -0.3 is 14.9 Å². The van der Waals surface area contributed by atoms with Gasteiger partial charge >= 0.3 is 5.97 Å². The van der Waals surface area contributed by atoms with Crippen molar-refractivity contribution in [2.45, 2.75) is 6.42 Å². The number of benzene rings is 1. The smallest absolute Gasteiger partial charge is 0.305 e. The van der Waals surface area contributed by atoms with Gasteiger partial charge in [-0.15, -0.1) is 0 Å². The first kappa shape index (κ1) is 14.1. The predicted octanol–water partition coefficient (Wildman–Crippen LogP) is 2.20. The number of hydrogen-bond acceptors (Lipinski definition) is 4. The van der Waals surface area contributed by atoms with Crippen LogP contribution in [-0.4, -0.2) is 28.7 Å². The summed E-state index contributed by atoms with van der Waals surface area (Å²) in [6.07, 6.45) is -0.145. The number of hydrogen-bond donors (Lipinski definition) is 2. The summed E-state index contributed by atoms with van der Waals surface area (Å²) < 4.78 is 5.07. The molecule has 0 radical (unpaired) electrons. The molecule has 2 aromatic rings. The van der Waals surface area contributed by atoms with E-state index in [1.807, 2.05) is 0 Å². The predicted molar refractivity (Wildman–Crippen MR) is 71.5 cm³/mol. The molecule has 0 bridgehead atoms. The quantitative estimate of drug-likeness (QED) is 0.882. The summed E-state index contributed by atoms with van der Waals surface area (Å²) in [5, 5.41) is 15.2. The second-order valence-electron chi connectivity index (χ2n) is 3.98. The minimum absolute atomic E-state index is 0.0390. The summed E-state index contributed by atoms with van der Waals surface area (Å²) in [5.41, 5.74) is 0.840. The van der Waals surface area contributed by atoms with E-state index in [0.29, 0.717) is 10.8 Å². The summed E-state index contributed by atoms with van der Waals surface area (Å²) in [5.74, 6) is -1.02. The van der Waals surface area contributed by atoms with Gasteiger partial charge in [0.1, 0.15) is 0 Å². The van der Waals surface area contributed by atoms with Crippen molar-refractivity contribution in [1.82, 2.24) is 10.5 Å². The van der Waals surface area contributed by atoms with Crippen LogP contribution in [0.4, 0.5) is 0 Å². The molecule has 104 valence electrons. The van der Waals surface area contributed by atoms with E-state index in [9.17, 15) is 9.59 Å². The standard InChI is InChI=1S/C13H11ClN2O4/c14-9-3-1-8(2-4-9)11-7-10(16-20-11)13(19)15-6-5-12(17)18/h1-4,7H,5-6H2,(H,15,19)(H,17,18). The largest absolute Gasteiger partial charge is 0.481 e. The van der Waals surface area contributed by atoms with Crippen LogP contribution >= 0.6 is 11.6 Å². The van der Waals surface area contributed by atoms with Crippen molar-refractivity contribution in [1.29, 1.82) is 0 Å². The Balaban J connectivity index is 2.03. The average Bonchev–Trinajstić information content (AvgIpc) is 2.88. The van der Waals surface area contributed by atoms with Gasteiger partial charge in [0.05, 0.1) is 6.42 Å². The fraction of sp³-hybridized carbons (Fsp3) is 0.154. The second kappa shape index (κ2) is 6.21. The Hall–Kier alpha value is -2.34. The van der Waals surface area contributed by atoms with Crippen molar-refractivity contribution < 1.29 is 19.2 Å². The second-order valence-corrected chi connectivity index (χ2v) is 4.42. The summed E-state index contributed by atoms with van der Waals surface area (Å²) in [6.45, 7) is 0.0390. The van der Waals surface area contributed by atoms with E-state index in [1.54, 1.807) is 24.3 Å². The zero-order valence-electron chi connectivity index (χ0n) is 10.3. The molecule has 0 aliphatic rings. The van der Waals surface area contributed by atoms with Crippen LogP contribution in [0, 0.1) is 0 Å². The molecule has 1 amide bonds. The molecule has 20 heavy (non-hydrogen) atoms. The normalized spacial score (nSPS) is 10.2. The monoisotopic (exact) mass is 294 g/mol. The van der Waals surface area contributed by atoms with E-state index in [-0.39, 0.29) is 18.7 Å². The van der Waals surface area contributed by atoms with Gasteiger partial charge in [-0.2, -0.15) is 0 Å². The van der Waals surface area contributed by atoms with E-state index in [2.05, 4.69) is 10.5 Å². The molecule has 0 atom stereocenters. The van der Waals surface area contributed by atoms with E-state index >= 15 is 0 Å². The van der Waals surface area contributed by atoms with Crippen LogP contribution in [0.25, 0.3) is 11.3 Å². The third-order valence-electron chi connectivity index (χ3n) is 2.50. The molecular weight excluding hydrogens is 284 g/mol. The molecule has 6 nitrogen and oxygen atoms in total. The van der Waals surface area contributed by atoms with Gasteiger partial charge in [-0.25, -0.2) is 0 Å². The molecule has 0 unspecified atom stereocenters. The van der Waals surface area contributed by atoms with Gasteiger partial charge in [0, 0.05) is 23.2 Å². The Kier molecular flexibility index (Phi) is 4.37. The fourth-order valence-corrected chi connectivity index (χ4v) is 1.63. The Labute approximate surface area is 119 Å². The first-order chi connectivity index (χ1) is 9.56. The van der Waals surface area contributed by atoms with Crippen LogP contribution in [0.1, 0.15) is 16.9 Å². The first-order valence-corrected chi connectivity index (χ1v) is 6.16. The van der Waals surface area contributed by atoms with E-state index in [4.69, 9.17) is 21.2 Å². The van der Waals surface area contributed by atoms with Crippen molar-refractivity contribution in [3.8, 4) is 11.3 Å². The molecule has 0 fully saturated rings. The van der Waals surface area contributed by atoms with Crippen molar-refractivity contribution in [2.24, 2.45) is 0 Å². The summed E-state index contributed by atoms with van der Waals surface area (Å²) in [4.78, 5) is 22.0. The lowest BCUT2D eigenvalue weighted by Gasteiger charge is -1.98. The molecule has 1 heterocycles. The number of nitrogens with one attached hydrogen (secondary N) is 1. The van der Waals surface area contributed by atoms with E-state index < -0.39 is 11.9 Å².